The molecule has 0 amide bonds. The maximum absolute atomic E-state index is 12.0. The van der Waals surface area contributed by atoms with E-state index in [4.69, 9.17) is 4.74 Å². The normalized spacial score (nSPS) is 15.4. The van der Waals surface area contributed by atoms with Gasteiger partial charge in [0.1, 0.15) is 0 Å². The Morgan fingerprint density at radius 2 is 2.05 bits per heavy atom. The van der Waals surface area contributed by atoms with E-state index >= 15 is 0 Å². The Morgan fingerprint density at radius 1 is 1.35 bits per heavy atom. The number of nitrogens with zero attached hydrogens (tertiary/aromatic N) is 2. The molecular formula is C13H17ClN2O4. The molecule has 2 rings (SSSR count). The molecule has 1 aromatic rings. The highest BCUT2D eigenvalue weighted by Crippen LogP contribution is 2.14. The summed E-state index contributed by atoms with van der Waals surface area (Å²) in [6.45, 7) is 3.74. The first-order valence-electron chi connectivity index (χ1n) is 6.24. The van der Waals surface area contributed by atoms with Crippen molar-refractivity contribution in [2.24, 2.45) is 0 Å². The Morgan fingerprint density at radius 3 is 2.70 bits per heavy atom. The molecule has 1 saturated heterocycles. The number of ketones is 1. The topological polar surface area (TPSA) is 72.7 Å². The molecule has 0 spiro atoms. The van der Waals surface area contributed by atoms with Gasteiger partial charge in [0.05, 0.1) is 18.1 Å². The van der Waals surface area contributed by atoms with Gasteiger partial charge in [-0.25, -0.2) is 0 Å². The van der Waals surface area contributed by atoms with Gasteiger partial charge in [-0.05, 0) is 0 Å². The zero-order chi connectivity index (χ0) is 13.7. The fourth-order valence-corrected chi connectivity index (χ4v) is 2.02. The Kier molecular flexibility index (Phi) is 6.57. The molecule has 20 heavy (non-hydrogen) atoms. The monoisotopic (exact) mass is 300 g/mol. The largest absolute Gasteiger partial charge is 0.379 e. The average molecular weight is 301 g/mol. The molecule has 0 N–H and O–H groups in total. The maximum Gasteiger partial charge on any atom is 0.270 e. The summed E-state index contributed by atoms with van der Waals surface area (Å²) in [7, 11) is 0. The first-order valence-corrected chi connectivity index (χ1v) is 6.24. The predicted molar refractivity (Wildman–Crippen MR) is 76.6 cm³/mol. The molecule has 6 nitrogen and oxygen atoms in total. The van der Waals surface area contributed by atoms with Gasteiger partial charge in [0, 0.05) is 43.8 Å². The summed E-state index contributed by atoms with van der Waals surface area (Å²) in [6, 6.07) is 5.88. The molecule has 0 aromatic heterocycles. The van der Waals surface area contributed by atoms with Crippen LogP contribution in [0.2, 0.25) is 0 Å². The first-order chi connectivity index (χ1) is 9.16. The van der Waals surface area contributed by atoms with Crippen LogP contribution in [0.4, 0.5) is 5.69 Å². The number of non-ortho nitro benzene ring substituents is 1. The molecule has 1 aromatic carbocycles. The van der Waals surface area contributed by atoms with Crippen LogP contribution in [0.15, 0.2) is 24.3 Å². The summed E-state index contributed by atoms with van der Waals surface area (Å²) in [4.78, 5) is 24.3. The second-order valence-electron chi connectivity index (χ2n) is 4.43. The number of morpholine rings is 1. The second kappa shape index (κ2) is 7.94. The summed E-state index contributed by atoms with van der Waals surface area (Å²) in [5.41, 5.74) is 0.361. The van der Waals surface area contributed by atoms with E-state index in [9.17, 15) is 14.9 Å². The minimum Gasteiger partial charge on any atom is -0.379 e. The SMILES string of the molecule is Cl.O=C(CCN1CCOCC1)c1cccc([N+](=O)[O-])c1. The van der Waals surface area contributed by atoms with Crippen molar-refractivity contribution in [2.75, 3.05) is 32.8 Å². The maximum atomic E-state index is 12.0. The van der Waals surface area contributed by atoms with Gasteiger partial charge in [0.25, 0.3) is 5.69 Å². The molecule has 0 atom stereocenters. The number of hydrogen-bond acceptors (Lipinski definition) is 5. The molecule has 0 aliphatic carbocycles. The zero-order valence-corrected chi connectivity index (χ0v) is 11.8. The second-order valence-corrected chi connectivity index (χ2v) is 4.43. The van der Waals surface area contributed by atoms with Crippen molar-refractivity contribution in [2.45, 2.75) is 6.42 Å². The number of hydrogen-bond donors (Lipinski definition) is 0. The number of Topliss-reactive ketones (excluding diaryl/α,β-unsaturated/α-hetero) is 1. The molecule has 1 aliphatic rings. The minimum atomic E-state index is -0.487. The third kappa shape index (κ3) is 4.56. The van der Waals surface area contributed by atoms with Gasteiger partial charge in [-0.3, -0.25) is 19.8 Å². The van der Waals surface area contributed by atoms with Crippen molar-refractivity contribution in [3.8, 4) is 0 Å². The van der Waals surface area contributed by atoms with E-state index in [-0.39, 0.29) is 23.9 Å². The van der Waals surface area contributed by atoms with E-state index in [1.54, 1.807) is 12.1 Å². The molecule has 1 aliphatic heterocycles. The summed E-state index contributed by atoms with van der Waals surface area (Å²) >= 11 is 0. The van der Waals surface area contributed by atoms with Gasteiger partial charge < -0.3 is 4.74 Å². The lowest BCUT2D eigenvalue weighted by Crippen LogP contribution is -2.37. The molecule has 0 saturated carbocycles. The number of nitro benzene ring substituents is 1. The Balaban J connectivity index is 0.00000200. The lowest BCUT2D eigenvalue weighted by Gasteiger charge is -2.26. The summed E-state index contributed by atoms with van der Waals surface area (Å²) in [5, 5.41) is 10.7. The van der Waals surface area contributed by atoms with Crippen molar-refractivity contribution in [1.82, 2.24) is 4.90 Å². The van der Waals surface area contributed by atoms with Gasteiger partial charge in [-0.1, -0.05) is 12.1 Å². The number of rotatable bonds is 5. The van der Waals surface area contributed by atoms with Crippen LogP contribution in [-0.4, -0.2) is 48.5 Å². The highest BCUT2D eigenvalue weighted by molar-refractivity contribution is 5.96. The van der Waals surface area contributed by atoms with Gasteiger partial charge in [-0.15, -0.1) is 12.4 Å². The summed E-state index contributed by atoms with van der Waals surface area (Å²) in [5.74, 6) is -0.0600. The number of halogens is 1. The van der Waals surface area contributed by atoms with E-state index in [0.29, 0.717) is 31.7 Å². The molecule has 7 heteroatoms. The van der Waals surface area contributed by atoms with Crippen LogP contribution < -0.4 is 0 Å². The number of benzene rings is 1. The zero-order valence-electron chi connectivity index (χ0n) is 11.0. The smallest absolute Gasteiger partial charge is 0.270 e. The van der Waals surface area contributed by atoms with Crippen molar-refractivity contribution >= 4 is 23.9 Å². The molecule has 0 unspecified atom stereocenters. The van der Waals surface area contributed by atoms with Crippen molar-refractivity contribution in [1.29, 1.82) is 0 Å². The summed E-state index contributed by atoms with van der Waals surface area (Å²) in [6.07, 6.45) is 0.376. The molecular weight excluding hydrogens is 284 g/mol. The molecule has 1 heterocycles. The van der Waals surface area contributed by atoms with Crippen LogP contribution in [0.25, 0.3) is 0 Å². The van der Waals surface area contributed by atoms with Crippen LogP contribution in [0.1, 0.15) is 16.8 Å². The Bertz CT molecular complexity index is 475. The van der Waals surface area contributed by atoms with E-state index in [1.807, 2.05) is 0 Å². The Labute approximate surface area is 123 Å². The third-order valence-corrected chi connectivity index (χ3v) is 3.14. The van der Waals surface area contributed by atoms with Crippen LogP contribution in [0.3, 0.4) is 0 Å². The van der Waals surface area contributed by atoms with Crippen LogP contribution in [-0.2, 0) is 4.74 Å². The van der Waals surface area contributed by atoms with Gasteiger partial charge >= 0.3 is 0 Å². The average Bonchev–Trinajstić information content (AvgIpc) is 2.46. The molecule has 1 fully saturated rings. The molecule has 0 bridgehead atoms. The first kappa shape index (κ1) is 16.6. The quantitative estimate of drug-likeness (QED) is 0.472. The molecule has 110 valence electrons. The van der Waals surface area contributed by atoms with E-state index < -0.39 is 4.92 Å². The standard InChI is InChI=1S/C13H16N2O4.ClH/c16-13(4-5-14-6-8-19-9-7-14)11-2-1-3-12(10-11)15(17)18;/h1-3,10H,4-9H2;1H. The highest BCUT2D eigenvalue weighted by Gasteiger charge is 2.14. The van der Waals surface area contributed by atoms with Gasteiger partial charge in [0.15, 0.2) is 5.78 Å². The lowest BCUT2D eigenvalue weighted by atomic mass is 10.1. The summed E-state index contributed by atoms with van der Waals surface area (Å²) < 4.78 is 5.23. The van der Waals surface area contributed by atoms with E-state index in [1.165, 1.54) is 12.1 Å². The number of carbonyl (C=O) groups is 1. The van der Waals surface area contributed by atoms with E-state index in [2.05, 4.69) is 4.90 Å². The minimum absolute atomic E-state index is 0. The third-order valence-electron chi connectivity index (χ3n) is 3.14. The van der Waals surface area contributed by atoms with Crippen molar-refractivity contribution in [3.05, 3.63) is 39.9 Å². The fourth-order valence-electron chi connectivity index (χ4n) is 2.02. The Hall–Kier alpha value is -1.50. The number of carbonyl (C=O) groups excluding carboxylic acids is 1. The van der Waals surface area contributed by atoms with Crippen LogP contribution in [0.5, 0.6) is 0 Å². The van der Waals surface area contributed by atoms with Gasteiger partial charge in [-0.2, -0.15) is 0 Å². The number of nitro groups is 1. The van der Waals surface area contributed by atoms with Crippen molar-refractivity contribution in [3.63, 3.8) is 0 Å². The lowest BCUT2D eigenvalue weighted by molar-refractivity contribution is -0.384. The molecule has 0 radical (unpaired) electrons. The van der Waals surface area contributed by atoms with E-state index in [0.717, 1.165) is 13.1 Å². The van der Waals surface area contributed by atoms with Crippen LogP contribution >= 0.6 is 12.4 Å². The highest BCUT2D eigenvalue weighted by atomic mass is 35.5. The van der Waals surface area contributed by atoms with Crippen molar-refractivity contribution < 1.29 is 14.5 Å². The fraction of sp³-hybridized carbons (Fsp3) is 0.462. The predicted octanol–water partition coefficient (Wildman–Crippen LogP) is 1.92. The van der Waals surface area contributed by atoms with Gasteiger partial charge in [0.2, 0.25) is 0 Å². The number of ether oxygens (including phenoxy) is 1. The van der Waals surface area contributed by atoms with Crippen LogP contribution in [0, 0.1) is 10.1 Å².